The molecule has 0 atom stereocenters. The predicted octanol–water partition coefficient (Wildman–Crippen LogP) is 3.41. The first-order valence-electron chi connectivity index (χ1n) is 9.10. The molecule has 0 aliphatic heterocycles. The Balaban J connectivity index is 2.14. The molecule has 3 rings (SSSR count). The van der Waals surface area contributed by atoms with Crippen LogP contribution in [0.5, 0.6) is 0 Å². The van der Waals surface area contributed by atoms with Gasteiger partial charge in [-0.1, -0.05) is 6.92 Å². The Kier molecular flexibility index (Phi) is 5.35. The summed E-state index contributed by atoms with van der Waals surface area (Å²) in [6.45, 7) is 6.18. The van der Waals surface area contributed by atoms with Gasteiger partial charge in [0.15, 0.2) is 0 Å². The van der Waals surface area contributed by atoms with Crippen molar-refractivity contribution in [2.45, 2.75) is 71.5 Å². The first-order valence-corrected chi connectivity index (χ1v) is 9.92. The Labute approximate surface area is 154 Å². The number of aryl methyl sites for hydroxylation is 2. The Morgan fingerprint density at radius 2 is 2.00 bits per heavy atom. The van der Waals surface area contributed by atoms with Gasteiger partial charge in [-0.2, -0.15) is 0 Å². The molecule has 1 N–H and O–H groups in total. The molecule has 1 fully saturated rings. The third-order valence-corrected chi connectivity index (χ3v) is 6.06. The molecule has 0 aromatic carbocycles. The van der Waals surface area contributed by atoms with Crippen molar-refractivity contribution in [3.05, 3.63) is 31.3 Å². The van der Waals surface area contributed by atoms with Gasteiger partial charge in [0.25, 0.3) is 5.56 Å². The lowest BCUT2D eigenvalue weighted by Crippen LogP contribution is -2.40. The smallest absolute Gasteiger partial charge is 0.312 e. The van der Waals surface area contributed by atoms with Gasteiger partial charge in [0, 0.05) is 30.4 Å². The highest BCUT2D eigenvalue weighted by Gasteiger charge is 2.31. The minimum absolute atomic E-state index is 0.0891. The van der Waals surface area contributed by atoms with Crippen LogP contribution >= 0.6 is 11.3 Å². The van der Waals surface area contributed by atoms with Crippen molar-refractivity contribution in [1.29, 1.82) is 0 Å². The van der Waals surface area contributed by atoms with E-state index in [0.29, 0.717) is 16.8 Å². The zero-order chi connectivity index (χ0) is 19.1. The van der Waals surface area contributed by atoms with Crippen molar-refractivity contribution in [3.8, 4) is 0 Å². The summed E-state index contributed by atoms with van der Waals surface area (Å²) in [5, 5.41) is 3.82. The van der Waals surface area contributed by atoms with Gasteiger partial charge in [0.1, 0.15) is 4.83 Å². The van der Waals surface area contributed by atoms with Crippen LogP contribution in [0.2, 0.25) is 0 Å². The minimum Gasteiger partial charge on any atom is -0.312 e. The van der Waals surface area contributed by atoms with Gasteiger partial charge in [-0.3, -0.25) is 13.9 Å². The molecule has 0 spiro atoms. The average molecular weight is 385 g/mol. The molecule has 2 aromatic heterocycles. The maximum Gasteiger partial charge on any atom is 0.332 e. The van der Waals surface area contributed by atoms with Crippen molar-refractivity contribution in [2.24, 2.45) is 0 Å². The first kappa shape index (κ1) is 19.2. The molecule has 2 heterocycles. The van der Waals surface area contributed by atoms with E-state index in [1.807, 2.05) is 6.92 Å². The number of halogens is 2. The lowest BCUT2D eigenvalue weighted by Gasteiger charge is -2.14. The zero-order valence-electron chi connectivity index (χ0n) is 15.4. The number of rotatable bonds is 8. The summed E-state index contributed by atoms with van der Waals surface area (Å²) in [4.78, 5) is 27.3. The first-order chi connectivity index (χ1) is 12.2. The molecule has 0 amide bonds. The van der Waals surface area contributed by atoms with Crippen molar-refractivity contribution in [3.63, 3.8) is 0 Å². The van der Waals surface area contributed by atoms with Crippen LogP contribution in [-0.2, 0) is 13.1 Å². The monoisotopic (exact) mass is 385 g/mol. The van der Waals surface area contributed by atoms with Crippen molar-refractivity contribution in [1.82, 2.24) is 14.5 Å². The van der Waals surface area contributed by atoms with Gasteiger partial charge in [-0.25, -0.2) is 13.6 Å². The van der Waals surface area contributed by atoms with E-state index in [0.717, 1.165) is 43.2 Å². The second-order valence-electron chi connectivity index (χ2n) is 7.17. The number of hydrogen-bond acceptors (Lipinski definition) is 4. The fourth-order valence-corrected chi connectivity index (χ4v) is 4.40. The van der Waals surface area contributed by atoms with Crippen molar-refractivity contribution in [2.75, 3.05) is 6.54 Å². The Bertz CT molecular complexity index is 920. The summed E-state index contributed by atoms with van der Waals surface area (Å²) in [5.41, 5.74) is 0.121. The van der Waals surface area contributed by atoms with E-state index in [4.69, 9.17) is 0 Å². The molecule has 5 nitrogen and oxygen atoms in total. The second kappa shape index (κ2) is 7.23. The number of nitrogens with zero attached hydrogens (tertiary/aromatic N) is 2. The predicted molar refractivity (Wildman–Crippen MR) is 101 cm³/mol. The highest BCUT2D eigenvalue weighted by Crippen LogP contribution is 2.34. The second-order valence-corrected chi connectivity index (χ2v) is 8.25. The molecule has 8 heteroatoms. The van der Waals surface area contributed by atoms with Crippen LogP contribution in [0.1, 0.15) is 56.0 Å². The van der Waals surface area contributed by atoms with Gasteiger partial charge in [-0.15, -0.1) is 11.3 Å². The van der Waals surface area contributed by atoms with Gasteiger partial charge >= 0.3 is 5.69 Å². The number of thiophene rings is 1. The molecule has 2 aromatic rings. The largest absolute Gasteiger partial charge is 0.332 e. The lowest BCUT2D eigenvalue weighted by atomic mass is 10.2. The summed E-state index contributed by atoms with van der Waals surface area (Å²) in [6.07, 6.45) is 2.15. The van der Waals surface area contributed by atoms with E-state index >= 15 is 0 Å². The topological polar surface area (TPSA) is 56.0 Å². The molecule has 26 heavy (non-hydrogen) atoms. The zero-order valence-corrected chi connectivity index (χ0v) is 16.2. The van der Waals surface area contributed by atoms with E-state index in [9.17, 15) is 18.4 Å². The third-order valence-electron chi connectivity index (χ3n) is 4.74. The summed E-state index contributed by atoms with van der Waals surface area (Å²) in [7, 11) is 0. The van der Waals surface area contributed by atoms with E-state index in [-0.39, 0.29) is 18.1 Å². The van der Waals surface area contributed by atoms with Crippen LogP contribution in [0.4, 0.5) is 8.78 Å². The molecule has 0 saturated heterocycles. The third kappa shape index (κ3) is 3.76. The summed E-state index contributed by atoms with van der Waals surface area (Å²) in [6, 6.07) is -0.0891. The van der Waals surface area contributed by atoms with Crippen LogP contribution in [0.3, 0.4) is 0 Å². The minimum atomic E-state index is -2.86. The molecule has 144 valence electrons. The molecule has 1 aliphatic carbocycles. The van der Waals surface area contributed by atoms with E-state index in [2.05, 4.69) is 12.2 Å². The van der Waals surface area contributed by atoms with Crippen LogP contribution in [-0.4, -0.2) is 21.6 Å². The van der Waals surface area contributed by atoms with Crippen molar-refractivity contribution >= 4 is 21.6 Å². The maximum atomic E-state index is 13.4. The quantitative estimate of drug-likeness (QED) is 0.709. The standard InChI is InChI=1S/C18H25F2N3O2S/c1-4-8-21-10-13-11(2)14-15(24)23(12-5-6-12)17(25)22(16(14)26-13)9-7-18(3,19)20/h12,21H,4-10H2,1-3H3. The van der Waals surface area contributed by atoms with Gasteiger partial charge < -0.3 is 5.32 Å². The Morgan fingerprint density at radius 3 is 2.58 bits per heavy atom. The number of hydrogen-bond donors (Lipinski definition) is 1. The molecule has 1 aliphatic rings. The average Bonchev–Trinajstić information content (AvgIpc) is 3.31. The number of alkyl halides is 2. The van der Waals surface area contributed by atoms with Gasteiger partial charge in [0.05, 0.1) is 5.39 Å². The summed E-state index contributed by atoms with van der Waals surface area (Å²) < 4.78 is 29.4. The highest BCUT2D eigenvalue weighted by atomic mass is 32.1. The van der Waals surface area contributed by atoms with Crippen LogP contribution in [0.15, 0.2) is 9.59 Å². The van der Waals surface area contributed by atoms with E-state index in [1.54, 1.807) is 0 Å². The molecular weight excluding hydrogens is 360 g/mol. The molecule has 1 saturated carbocycles. The number of fused-ring (bicyclic) bond motifs is 1. The van der Waals surface area contributed by atoms with Gasteiger partial charge in [0.2, 0.25) is 5.92 Å². The maximum absolute atomic E-state index is 13.4. The normalized spacial score (nSPS) is 15.1. The molecule has 0 unspecified atom stereocenters. The highest BCUT2D eigenvalue weighted by molar-refractivity contribution is 7.18. The van der Waals surface area contributed by atoms with Crippen LogP contribution < -0.4 is 16.6 Å². The molecule has 0 radical (unpaired) electrons. The van der Waals surface area contributed by atoms with Gasteiger partial charge in [-0.05, 0) is 45.2 Å². The van der Waals surface area contributed by atoms with Crippen LogP contribution in [0.25, 0.3) is 10.2 Å². The summed E-state index contributed by atoms with van der Waals surface area (Å²) in [5.74, 6) is -2.86. The SMILES string of the molecule is CCCNCc1sc2c(c1C)c(=O)n(C1CC1)c(=O)n2CCC(C)(F)F. The lowest BCUT2D eigenvalue weighted by molar-refractivity contribution is 0.00864. The number of aromatic nitrogens is 2. The fraction of sp³-hybridized carbons (Fsp3) is 0.667. The molecular formula is C18H25F2N3O2S. The Morgan fingerprint density at radius 1 is 1.31 bits per heavy atom. The van der Waals surface area contributed by atoms with Crippen molar-refractivity contribution < 1.29 is 8.78 Å². The number of nitrogens with one attached hydrogen (secondary N) is 1. The Hall–Kier alpha value is -1.54. The van der Waals surface area contributed by atoms with E-state index in [1.165, 1.54) is 20.5 Å². The van der Waals surface area contributed by atoms with Crippen LogP contribution in [0, 0.1) is 6.92 Å². The summed E-state index contributed by atoms with van der Waals surface area (Å²) >= 11 is 1.36. The molecule has 0 bridgehead atoms. The fourth-order valence-electron chi connectivity index (χ4n) is 3.12. The van der Waals surface area contributed by atoms with E-state index < -0.39 is 18.0 Å².